The number of primary amides is 1. The monoisotopic (exact) mass is 377 g/mol. The molecule has 1 heterocycles. The fourth-order valence-electron chi connectivity index (χ4n) is 3.41. The second-order valence-electron chi connectivity index (χ2n) is 6.50. The Morgan fingerprint density at radius 1 is 1.04 bits per heavy atom. The average Bonchev–Trinajstić information content (AvgIpc) is 2.96. The molecule has 6 heteroatoms. The Hall–Kier alpha value is -3.12. The number of carbonyl (C=O) groups excluding carboxylic acids is 1. The summed E-state index contributed by atoms with van der Waals surface area (Å²) in [6.07, 6.45) is 1.19. The van der Waals surface area contributed by atoms with Crippen LogP contribution in [0.25, 0.3) is 21.8 Å². The third kappa shape index (κ3) is 2.98. The first-order valence-electron chi connectivity index (χ1n) is 8.36. The summed E-state index contributed by atoms with van der Waals surface area (Å²) in [5.74, 6) is -0.477. The fraction of sp³-hybridized carbons (Fsp3) is 0.0952. The summed E-state index contributed by atoms with van der Waals surface area (Å²) >= 11 is 0. The van der Waals surface area contributed by atoms with Gasteiger partial charge in [0.1, 0.15) is 0 Å². The molecular weight excluding hydrogens is 360 g/mol. The van der Waals surface area contributed by atoms with Crippen molar-refractivity contribution in [1.29, 1.82) is 0 Å². The van der Waals surface area contributed by atoms with Gasteiger partial charge in [-0.05, 0) is 42.0 Å². The van der Waals surface area contributed by atoms with Gasteiger partial charge < -0.3 is 10.3 Å². The van der Waals surface area contributed by atoms with E-state index >= 15 is 0 Å². The molecule has 0 aliphatic rings. The van der Waals surface area contributed by atoms with E-state index in [0.717, 1.165) is 27.4 Å². The molecule has 2 N–H and O–H groups in total. The fourth-order valence-corrected chi connectivity index (χ4v) is 4.04. The molecule has 3 aromatic carbocycles. The molecule has 4 aromatic rings. The van der Waals surface area contributed by atoms with E-state index in [1.807, 2.05) is 30.3 Å². The number of amides is 1. The lowest BCUT2D eigenvalue weighted by atomic mass is 10.1. The number of rotatable bonds is 4. The van der Waals surface area contributed by atoms with E-state index in [9.17, 15) is 13.2 Å². The molecule has 135 valence electrons. The number of nitrogens with two attached hydrogens (primary N) is 1. The van der Waals surface area contributed by atoms with Gasteiger partial charge in [-0.2, -0.15) is 0 Å². The van der Waals surface area contributed by atoms with Crippen LogP contribution in [0.1, 0.15) is 15.9 Å². The highest BCUT2D eigenvalue weighted by Gasteiger charge is 2.16. The highest BCUT2D eigenvalue weighted by atomic mass is 32.2. The minimum Gasteiger partial charge on any atom is -0.366 e. The second kappa shape index (κ2) is 6.25. The van der Waals surface area contributed by atoms with E-state index in [0.29, 0.717) is 12.1 Å². The number of nitrogens with zero attached hydrogens (tertiary/aromatic N) is 1. The van der Waals surface area contributed by atoms with Crippen LogP contribution >= 0.6 is 0 Å². The van der Waals surface area contributed by atoms with Crippen LogP contribution in [0, 0.1) is 6.07 Å². The lowest BCUT2D eigenvalue weighted by Crippen LogP contribution is -2.11. The number of sulfone groups is 1. The van der Waals surface area contributed by atoms with Gasteiger partial charge in [0.15, 0.2) is 9.84 Å². The molecule has 1 radical (unpaired) electrons. The first kappa shape index (κ1) is 17.3. The molecular formula is C21H17N2O3S. The quantitative estimate of drug-likeness (QED) is 0.593. The zero-order valence-corrected chi connectivity index (χ0v) is 15.5. The molecule has 1 aromatic heterocycles. The zero-order chi connectivity index (χ0) is 19.2. The van der Waals surface area contributed by atoms with Crippen molar-refractivity contribution in [3.05, 3.63) is 77.9 Å². The maximum absolute atomic E-state index is 11.9. The van der Waals surface area contributed by atoms with Crippen molar-refractivity contribution in [2.75, 3.05) is 6.26 Å². The van der Waals surface area contributed by atoms with Crippen molar-refractivity contribution in [3.8, 4) is 0 Å². The van der Waals surface area contributed by atoms with Gasteiger partial charge in [-0.25, -0.2) is 8.42 Å². The maximum Gasteiger partial charge on any atom is 0.249 e. The largest absolute Gasteiger partial charge is 0.366 e. The molecule has 27 heavy (non-hydrogen) atoms. The molecule has 4 rings (SSSR count). The number of benzene rings is 3. The van der Waals surface area contributed by atoms with Crippen molar-refractivity contribution in [3.63, 3.8) is 0 Å². The van der Waals surface area contributed by atoms with Crippen molar-refractivity contribution in [1.82, 2.24) is 4.57 Å². The first-order valence-corrected chi connectivity index (χ1v) is 10.3. The van der Waals surface area contributed by atoms with E-state index < -0.39 is 15.7 Å². The van der Waals surface area contributed by atoms with Crippen molar-refractivity contribution < 1.29 is 13.2 Å². The molecule has 0 bridgehead atoms. The lowest BCUT2D eigenvalue weighted by Gasteiger charge is -2.09. The Labute approximate surface area is 156 Å². The van der Waals surface area contributed by atoms with E-state index in [4.69, 9.17) is 5.73 Å². The summed E-state index contributed by atoms with van der Waals surface area (Å²) in [5, 5.41) is 1.63. The van der Waals surface area contributed by atoms with Gasteiger partial charge in [0.25, 0.3) is 0 Å². The second-order valence-corrected chi connectivity index (χ2v) is 8.51. The molecule has 0 unspecified atom stereocenters. The number of hydrogen-bond acceptors (Lipinski definition) is 3. The minimum absolute atomic E-state index is 0.290. The van der Waals surface area contributed by atoms with Gasteiger partial charge in [0.05, 0.1) is 15.9 Å². The van der Waals surface area contributed by atoms with Crippen molar-refractivity contribution >= 4 is 37.6 Å². The van der Waals surface area contributed by atoms with Crippen LogP contribution in [0.5, 0.6) is 0 Å². The highest BCUT2D eigenvalue weighted by molar-refractivity contribution is 7.90. The minimum atomic E-state index is -3.23. The van der Waals surface area contributed by atoms with Crippen LogP contribution in [-0.2, 0) is 16.4 Å². The van der Waals surface area contributed by atoms with E-state index in [1.165, 1.54) is 6.26 Å². The van der Waals surface area contributed by atoms with Crippen LogP contribution in [-0.4, -0.2) is 25.1 Å². The molecule has 0 spiro atoms. The Morgan fingerprint density at radius 2 is 1.74 bits per heavy atom. The molecule has 1 amide bonds. The summed E-state index contributed by atoms with van der Waals surface area (Å²) in [6, 6.07) is 21.2. The predicted octanol–water partition coefficient (Wildman–Crippen LogP) is 3.15. The van der Waals surface area contributed by atoms with Crippen LogP contribution in [0.3, 0.4) is 0 Å². The number of fused-ring (bicyclic) bond motifs is 3. The third-order valence-corrected chi connectivity index (χ3v) is 5.79. The van der Waals surface area contributed by atoms with Crippen molar-refractivity contribution in [2.24, 2.45) is 5.73 Å². The predicted molar refractivity (Wildman–Crippen MR) is 105 cm³/mol. The number of carbonyl (C=O) groups is 1. The molecule has 0 saturated carbocycles. The van der Waals surface area contributed by atoms with Gasteiger partial charge in [-0.1, -0.05) is 30.3 Å². The van der Waals surface area contributed by atoms with Gasteiger partial charge in [-0.3, -0.25) is 4.79 Å². The van der Waals surface area contributed by atoms with Gasteiger partial charge >= 0.3 is 0 Å². The smallest absolute Gasteiger partial charge is 0.249 e. The standard InChI is InChI=1S/C21H17N2O3S/c1-27(25,26)15-11-9-14(10-12-15)13-23-18-7-3-2-5-16(18)20-17(21(22)24)6-4-8-19(20)23/h2-4,6-12H,13H2,1H3,(H2,22,24). The van der Waals surface area contributed by atoms with Crippen LogP contribution in [0.4, 0.5) is 0 Å². The van der Waals surface area contributed by atoms with Gasteiger partial charge in [0, 0.05) is 29.1 Å². The van der Waals surface area contributed by atoms with Crippen molar-refractivity contribution in [2.45, 2.75) is 11.4 Å². The molecule has 0 saturated heterocycles. The summed E-state index contributed by atoms with van der Waals surface area (Å²) in [7, 11) is -3.23. The topological polar surface area (TPSA) is 82.2 Å². The molecule has 0 aliphatic heterocycles. The first-order chi connectivity index (χ1) is 12.9. The van der Waals surface area contributed by atoms with Crippen LogP contribution in [0.15, 0.2) is 65.6 Å². The maximum atomic E-state index is 11.9. The lowest BCUT2D eigenvalue weighted by molar-refractivity contribution is 0.100. The van der Waals surface area contributed by atoms with Crippen LogP contribution in [0.2, 0.25) is 0 Å². The summed E-state index contributed by atoms with van der Waals surface area (Å²) in [4.78, 5) is 12.2. The van der Waals surface area contributed by atoms with E-state index in [2.05, 4.69) is 10.6 Å². The van der Waals surface area contributed by atoms with Gasteiger partial charge in [-0.15, -0.1) is 0 Å². The Balaban J connectivity index is 1.91. The molecule has 0 aliphatic carbocycles. The van der Waals surface area contributed by atoms with Gasteiger partial charge in [0.2, 0.25) is 5.91 Å². The van der Waals surface area contributed by atoms with Crippen LogP contribution < -0.4 is 5.73 Å². The highest BCUT2D eigenvalue weighted by Crippen LogP contribution is 2.32. The Bertz CT molecular complexity index is 1290. The summed E-state index contributed by atoms with van der Waals surface area (Å²) < 4.78 is 25.4. The van der Waals surface area contributed by atoms with E-state index in [-0.39, 0.29) is 4.90 Å². The summed E-state index contributed by atoms with van der Waals surface area (Å²) in [5.41, 5.74) is 8.81. The number of hydrogen-bond donors (Lipinski definition) is 1. The molecule has 0 fully saturated rings. The molecule has 0 atom stereocenters. The average molecular weight is 377 g/mol. The normalized spacial score (nSPS) is 11.9. The third-order valence-electron chi connectivity index (χ3n) is 4.67. The van der Waals surface area contributed by atoms with E-state index in [1.54, 1.807) is 30.3 Å². The number of aromatic nitrogens is 1. The SMILES string of the molecule is CS(=O)(=O)c1ccc(Cn2c3ccc[c]c3c3c(C(N)=O)cccc32)cc1. The zero-order valence-electron chi connectivity index (χ0n) is 14.6. The Morgan fingerprint density at radius 3 is 2.41 bits per heavy atom. The Kier molecular flexibility index (Phi) is 4.00. The summed E-state index contributed by atoms with van der Waals surface area (Å²) in [6.45, 7) is 0.532. The molecule has 5 nitrogen and oxygen atoms in total.